The van der Waals surface area contributed by atoms with E-state index >= 15 is 0 Å². The maximum absolute atomic E-state index is 13.6. The molecule has 0 spiro atoms. The van der Waals surface area contributed by atoms with Gasteiger partial charge in [-0.2, -0.15) is 0 Å². The normalized spacial score (nSPS) is 16.7. The van der Waals surface area contributed by atoms with Gasteiger partial charge in [0, 0.05) is 32.6 Å². The first-order valence-electron chi connectivity index (χ1n) is 12.6. The van der Waals surface area contributed by atoms with Gasteiger partial charge < -0.3 is 24.6 Å². The molecule has 0 bridgehead atoms. The van der Waals surface area contributed by atoms with Crippen LogP contribution in [0.2, 0.25) is 0 Å². The highest BCUT2D eigenvalue weighted by Crippen LogP contribution is 2.33. The number of urea groups is 1. The van der Waals surface area contributed by atoms with Gasteiger partial charge in [0.2, 0.25) is 5.91 Å². The van der Waals surface area contributed by atoms with Gasteiger partial charge in [-0.3, -0.25) is 4.79 Å². The molecule has 7 nitrogen and oxygen atoms in total. The van der Waals surface area contributed by atoms with Crippen LogP contribution in [0.4, 0.5) is 4.79 Å². The van der Waals surface area contributed by atoms with E-state index in [0.29, 0.717) is 31.0 Å². The lowest BCUT2D eigenvalue weighted by atomic mass is 9.93. The summed E-state index contributed by atoms with van der Waals surface area (Å²) in [4.78, 5) is 30.6. The average molecular weight is 480 g/mol. The lowest BCUT2D eigenvalue weighted by Gasteiger charge is -2.35. The number of nitrogens with one attached hydrogen (secondary N) is 1. The van der Waals surface area contributed by atoms with Crippen LogP contribution in [0.25, 0.3) is 0 Å². The Hall–Kier alpha value is -3.22. The Balaban J connectivity index is 1.49. The van der Waals surface area contributed by atoms with Gasteiger partial charge in [-0.05, 0) is 48.1 Å². The van der Waals surface area contributed by atoms with Crippen LogP contribution in [0, 0.1) is 0 Å². The molecule has 4 rings (SSSR count). The van der Waals surface area contributed by atoms with E-state index in [1.165, 1.54) is 6.42 Å². The lowest BCUT2D eigenvalue weighted by Crippen LogP contribution is -2.55. The predicted molar refractivity (Wildman–Crippen MR) is 136 cm³/mol. The molecule has 0 aromatic heterocycles. The number of nitrogens with zero attached hydrogens (tertiary/aromatic N) is 2. The van der Waals surface area contributed by atoms with Crippen LogP contribution in [0.1, 0.15) is 48.8 Å². The van der Waals surface area contributed by atoms with Crippen molar-refractivity contribution in [1.82, 2.24) is 15.1 Å². The Morgan fingerprint density at radius 2 is 1.69 bits per heavy atom. The standard InChI is InChI=1S/C28H37N3O4/c1-30(23-12-8-5-9-13-23)27(32)24(16-20-10-6-4-7-11-20)29-28(33)31-15-14-21-17-25(34-2)26(35-3)18-22(21)19-31/h4,6-7,10-11,17-18,23-24H,5,8-9,12-16,19H2,1-3H3,(H,29,33). The minimum Gasteiger partial charge on any atom is -0.493 e. The van der Waals surface area contributed by atoms with Gasteiger partial charge in [-0.15, -0.1) is 0 Å². The fourth-order valence-corrected chi connectivity index (χ4v) is 5.24. The summed E-state index contributed by atoms with van der Waals surface area (Å²) < 4.78 is 10.9. The second-order valence-electron chi connectivity index (χ2n) is 9.58. The molecule has 7 heteroatoms. The Morgan fingerprint density at radius 1 is 1.03 bits per heavy atom. The number of hydrogen-bond acceptors (Lipinski definition) is 4. The Labute approximate surface area is 208 Å². The summed E-state index contributed by atoms with van der Waals surface area (Å²) in [7, 11) is 5.13. The number of ether oxygens (including phenoxy) is 2. The number of fused-ring (bicyclic) bond motifs is 1. The van der Waals surface area contributed by atoms with Crippen LogP contribution >= 0.6 is 0 Å². The van der Waals surface area contributed by atoms with Crippen LogP contribution in [-0.4, -0.2) is 61.6 Å². The van der Waals surface area contributed by atoms with Crippen molar-refractivity contribution >= 4 is 11.9 Å². The highest BCUT2D eigenvalue weighted by Gasteiger charge is 2.31. The fraction of sp³-hybridized carbons (Fsp3) is 0.500. The molecule has 35 heavy (non-hydrogen) atoms. The number of carbonyl (C=O) groups excluding carboxylic acids is 2. The van der Waals surface area contributed by atoms with Crippen LogP contribution < -0.4 is 14.8 Å². The summed E-state index contributed by atoms with van der Waals surface area (Å²) in [5.41, 5.74) is 3.22. The van der Waals surface area contributed by atoms with Gasteiger partial charge in [0.1, 0.15) is 6.04 Å². The number of carbonyl (C=O) groups is 2. The van der Waals surface area contributed by atoms with E-state index in [0.717, 1.165) is 48.8 Å². The first-order chi connectivity index (χ1) is 17.0. The van der Waals surface area contributed by atoms with Crippen molar-refractivity contribution in [2.24, 2.45) is 0 Å². The molecule has 1 fully saturated rings. The maximum Gasteiger partial charge on any atom is 0.318 e. The summed E-state index contributed by atoms with van der Waals surface area (Å²) >= 11 is 0. The van der Waals surface area contributed by atoms with Crippen LogP contribution in [0.15, 0.2) is 42.5 Å². The molecule has 1 saturated carbocycles. The quantitative estimate of drug-likeness (QED) is 0.647. The fourth-order valence-electron chi connectivity index (χ4n) is 5.24. The van der Waals surface area contributed by atoms with Crippen LogP contribution in [0.5, 0.6) is 11.5 Å². The Kier molecular flexibility index (Phi) is 8.16. The Bertz CT molecular complexity index is 1020. The van der Waals surface area contributed by atoms with E-state index in [2.05, 4.69) is 5.32 Å². The van der Waals surface area contributed by atoms with E-state index < -0.39 is 6.04 Å². The van der Waals surface area contributed by atoms with Crippen molar-refractivity contribution in [2.75, 3.05) is 27.8 Å². The highest BCUT2D eigenvalue weighted by atomic mass is 16.5. The number of benzene rings is 2. The molecule has 2 aliphatic rings. The zero-order valence-corrected chi connectivity index (χ0v) is 21.1. The molecular formula is C28H37N3O4. The molecule has 1 heterocycles. The van der Waals surface area contributed by atoms with Crippen molar-refractivity contribution in [2.45, 2.75) is 63.6 Å². The van der Waals surface area contributed by atoms with Crippen molar-refractivity contribution < 1.29 is 19.1 Å². The summed E-state index contributed by atoms with van der Waals surface area (Å²) in [5, 5.41) is 3.08. The summed E-state index contributed by atoms with van der Waals surface area (Å²) in [5.74, 6) is 1.33. The lowest BCUT2D eigenvalue weighted by molar-refractivity contribution is -0.134. The molecule has 1 unspecified atom stereocenters. The summed E-state index contributed by atoms with van der Waals surface area (Å²) in [6.07, 6.45) is 6.79. The number of rotatable bonds is 7. The molecule has 2 aromatic carbocycles. The van der Waals surface area contributed by atoms with E-state index in [-0.39, 0.29) is 18.0 Å². The third-order valence-electron chi connectivity index (χ3n) is 7.35. The molecule has 2 aromatic rings. The SMILES string of the molecule is COc1cc2c(cc1OC)CN(C(=O)NC(Cc1ccccc1)C(=O)N(C)C1CCCCC1)CC2. The van der Waals surface area contributed by atoms with Gasteiger partial charge >= 0.3 is 6.03 Å². The van der Waals surface area contributed by atoms with E-state index in [4.69, 9.17) is 9.47 Å². The molecule has 188 valence electrons. The molecule has 0 saturated heterocycles. The predicted octanol–water partition coefficient (Wildman–Crippen LogP) is 4.17. The van der Waals surface area contributed by atoms with E-state index in [1.54, 1.807) is 19.1 Å². The Morgan fingerprint density at radius 3 is 2.34 bits per heavy atom. The summed E-state index contributed by atoms with van der Waals surface area (Å²) in [6.45, 7) is 1.05. The van der Waals surface area contributed by atoms with Crippen LogP contribution in [-0.2, 0) is 24.2 Å². The van der Waals surface area contributed by atoms with Gasteiger partial charge in [0.05, 0.1) is 14.2 Å². The average Bonchev–Trinajstić information content (AvgIpc) is 2.91. The van der Waals surface area contributed by atoms with Gasteiger partial charge in [0.25, 0.3) is 0 Å². The van der Waals surface area contributed by atoms with Crippen molar-refractivity contribution in [3.05, 3.63) is 59.2 Å². The largest absolute Gasteiger partial charge is 0.493 e. The number of hydrogen-bond donors (Lipinski definition) is 1. The minimum atomic E-state index is -0.608. The van der Waals surface area contributed by atoms with Crippen molar-refractivity contribution in [1.29, 1.82) is 0 Å². The van der Waals surface area contributed by atoms with Crippen molar-refractivity contribution in [3.63, 3.8) is 0 Å². The maximum atomic E-state index is 13.6. The van der Waals surface area contributed by atoms with Crippen molar-refractivity contribution in [3.8, 4) is 11.5 Å². The molecule has 0 radical (unpaired) electrons. The zero-order valence-electron chi connectivity index (χ0n) is 21.1. The third kappa shape index (κ3) is 5.89. The van der Waals surface area contributed by atoms with Gasteiger partial charge in [-0.1, -0.05) is 49.6 Å². The topological polar surface area (TPSA) is 71.1 Å². The molecule has 1 atom stereocenters. The van der Waals surface area contributed by atoms with E-state index in [1.807, 2.05) is 54.4 Å². The third-order valence-corrected chi connectivity index (χ3v) is 7.35. The van der Waals surface area contributed by atoms with Crippen LogP contribution in [0.3, 0.4) is 0 Å². The zero-order chi connectivity index (χ0) is 24.8. The first kappa shape index (κ1) is 24.9. The van der Waals surface area contributed by atoms with E-state index in [9.17, 15) is 9.59 Å². The van der Waals surface area contributed by atoms with Gasteiger partial charge in [0.15, 0.2) is 11.5 Å². The molecule has 1 aliphatic heterocycles. The minimum absolute atomic E-state index is 0.0158. The first-order valence-corrected chi connectivity index (χ1v) is 12.6. The highest BCUT2D eigenvalue weighted by molar-refractivity contribution is 5.87. The summed E-state index contributed by atoms with van der Waals surface area (Å²) in [6, 6.07) is 13.3. The number of amides is 3. The molecule has 3 amide bonds. The molecule has 1 aliphatic carbocycles. The second kappa shape index (κ2) is 11.5. The smallest absolute Gasteiger partial charge is 0.318 e. The number of methoxy groups -OCH3 is 2. The second-order valence-corrected chi connectivity index (χ2v) is 9.58. The number of likely N-dealkylation sites (N-methyl/N-ethyl adjacent to an activating group) is 1. The van der Waals surface area contributed by atoms with Gasteiger partial charge in [-0.25, -0.2) is 4.79 Å². The molecule has 1 N–H and O–H groups in total. The molecular weight excluding hydrogens is 442 g/mol. The monoisotopic (exact) mass is 479 g/mol.